The van der Waals surface area contributed by atoms with Crippen LogP contribution in [0, 0.1) is 17.8 Å². The average Bonchev–Trinajstić information content (AvgIpc) is 3.33. The number of sulfone groups is 1. The Morgan fingerprint density at radius 1 is 1.38 bits per heavy atom. The fourth-order valence-corrected chi connectivity index (χ4v) is 4.21. The molecule has 0 aliphatic carbocycles. The maximum absolute atomic E-state index is 12.2. The number of hydroxylamine groups is 1. The van der Waals surface area contributed by atoms with Crippen molar-refractivity contribution in [1.29, 1.82) is 0 Å². The number of cyclic esters (lactones) is 1. The largest absolute Gasteiger partial charge is 0.444 e. The van der Waals surface area contributed by atoms with Gasteiger partial charge in [-0.3, -0.25) is 14.9 Å². The molecular formula is C19H22N2O7S. The molecule has 156 valence electrons. The average molecular weight is 422 g/mol. The standard InChI is InChI=1S/C19H22N2O7S/c1-29(25,26)17(18(22)20-24)10-16-11-21(19(23)28-16)15-6-4-13(5-7-15)2-3-14-8-9-27-12-14/h4-7,14,16-17,24H,8-12H2,1H3,(H,20,22). The molecular weight excluding hydrogens is 400 g/mol. The summed E-state index contributed by atoms with van der Waals surface area (Å²) < 4.78 is 34.1. The minimum Gasteiger partial charge on any atom is -0.444 e. The maximum Gasteiger partial charge on any atom is 0.414 e. The van der Waals surface area contributed by atoms with Crippen LogP contribution in [0.3, 0.4) is 0 Å². The van der Waals surface area contributed by atoms with Crippen LogP contribution in [-0.4, -0.2) is 63.0 Å². The highest BCUT2D eigenvalue weighted by molar-refractivity contribution is 7.92. The minimum atomic E-state index is -3.79. The van der Waals surface area contributed by atoms with E-state index in [1.54, 1.807) is 24.3 Å². The summed E-state index contributed by atoms with van der Waals surface area (Å²) >= 11 is 0. The van der Waals surface area contributed by atoms with Crippen molar-refractivity contribution >= 4 is 27.5 Å². The Bertz CT molecular complexity index is 928. The first-order valence-corrected chi connectivity index (χ1v) is 11.0. The summed E-state index contributed by atoms with van der Waals surface area (Å²) in [6, 6.07) is 7.04. The lowest BCUT2D eigenvalue weighted by molar-refractivity contribution is -0.129. The fraction of sp³-hybridized carbons (Fsp3) is 0.474. The lowest BCUT2D eigenvalue weighted by Crippen LogP contribution is -2.40. The Hall–Kier alpha value is -2.61. The van der Waals surface area contributed by atoms with E-state index in [0.717, 1.165) is 24.8 Å². The Morgan fingerprint density at radius 3 is 2.69 bits per heavy atom. The van der Waals surface area contributed by atoms with Gasteiger partial charge < -0.3 is 9.47 Å². The smallest absolute Gasteiger partial charge is 0.414 e. The van der Waals surface area contributed by atoms with E-state index in [2.05, 4.69) is 11.8 Å². The van der Waals surface area contributed by atoms with Gasteiger partial charge in [0, 0.05) is 36.5 Å². The zero-order valence-electron chi connectivity index (χ0n) is 15.8. The quantitative estimate of drug-likeness (QED) is 0.407. The van der Waals surface area contributed by atoms with Crippen molar-refractivity contribution in [2.45, 2.75) is 24.2 Å². The minimum absolute atomic E-state index is 0.0913. The third kappa shape index (κ3) is 5.26. The van der Waals surface area contributed by atoms with Crippen molar-refractivity contribution in [2.75, 3.05) is 30.9 Å². The number of nitrogens with one attached hydrogen (secondary N) is 1. The molecule has 3 atom stereocenters. The predicted molar refractivity (Wildman–Crippen MR) is 103 cm³/mol. The van der Waals surface area contributed by atoms with Crippen molar-refractivity contribution in [3.63, 3.8) is 0 Å². The molecule has 2 aliphatic heterocycles. The molecule has 2 heterocycles. The lowest BCUT2D eigenvalue weighted by atomic mass is 10.1. The molecule has 29 heavy (non-hydrogen) atoms. The van der Waals surface area contributed by atoms with E-state index in [-0.39, 0.29) is 18.9 Å². The van der Waals surface area contributed by atoms with Crippen LogP contribution in [0.1, 0.15) is 18.4 Å². The fourth-order valence-electron chi connectivity index (χ4n) is 3.20. The van der Waals surface area contributed by atoms with E-state index >= 15 is 0 Å². The summed E-state index contributed by atoms with van der Waals surface area (Å²) in [4.78, 5) is 25.2. The molecule has 0 bridgehead atoms. The van der Waals surface area contributed by atoms with Crippen LogP contribution in [0.2, 0.25) is 0 Å². The van der Waals surface area contributed by atoms with E-state index in [1.807, 2.05) is 0 Å². The Morgan fingerprint density at radius 2 is 2.10 bits per heavy atom. The zero-order chi connectivity index (χ0) is 21.0. The normalized spacial score (nSPS) is 22.6. The maximum atomic E-state index is 12.2. The van der Waals surface area contributed by atoms with Gasteiger partial charge in [-0.2, -0.15) is 0 Å². The summed E-state index contributed by atoms with van der Waals surface area (Å²) in [5.41, 5.74) is 2.73. The first-order chi connectivity index (χ1) is 13.8. The molecule has 2 N–H and O–H groups in total. The van der Waals surface area contributed by atoms with Crippen LogP contribution in [0.25, 0.3) is 0 Å². The van der Waals surface area contributed by atoms with Crippen molar-refractivity contribution < 1.29 is 32.7 Å². The second kappa shape index (κ2) is 8.82. The first kappa shape index (κ1) is 21.1. The first-order valence-electron chi connectivity index (χ1n) is 9.08. The zero-order valence-corrected chi connectivity index (χ0v) is 16.6. The van der Waals surface area contributed by atoms with Gasteiger partial charge in [0.25, 0.3) is 5.91 Å². The van der Waals surface area contributed by atoms with E-state index in [4.69, 9.17) is 14.7 Å². The highest BCUT2D eigenvalue weighted by Crippen LogP contribution is 2.25. The van der Waals surface area contributed by atoms with Crippen LogP contribution in [-0.2, 0) is 24.1 Å². The molecule has 3 unspecified atom stereocenters. The van der Waals surface area contributed by atoms with Gasteiger partial charge in [-0.25, -0.2) is 18.7 Å². The second-order valence-corrected chi connectivity index (χ2v) is 9.25. The molecule has 9 nitrogen and oxygen atoms in total. The monoisotopic (exact) mass is 422 g/mol. The van der Waals surface area contributed by atoms with Gasteiger partial charge in [0.2, 0.25) is 0 Å². The number of anilines is 1. The SMILES string of the molecule is CS(=O)(=O)C(CC1CN(c2ccc(C#CC3CCOC3)cc2)C(=O)O1)C(=O)NO. The van der Waals surface area contributed by atoms with Gasteiger partial charge in [-0.05, 0) is 30.7 Å². The molecule has 0 aromatic heterocycles. The van der Waals surface area contributed by atoms with E-state index in [1.165, 1.54) is 10.4 Å². The van der Waals surface area contributed by atoms with Crippen LogP contribution >= 0.6 is 0 Å². The van der Waals surface area contributed by atoms with E-state index < -0.39 is 33.2 Å². The lowest BCUT2D eigenvalue weighted by Gasteiger charge is -2.16. The number of amides is 2. The molecule has 2 amide bonds. The van der Waals surface area contributed by atoms with Crippen LogP contribution in [0.5, 0.6) is 0 Å². The van der Waals surface area contributed by atoms with Crippen LogP contribution < -0.4 is 10.4 Å². The van der Waals surface area contributed by atoms with Gasteiger partial charge in [0.05, 0.1) is 13.2 Å². The Kier molecular flexibility index (Phi) is 6.42. The summed E-state index contributed by atoms with van der Waals surface area (Å²) in [6.07, 6.45) is 0.129. The van der Waals surface area contributed by atoms with Crippen molar-refractivity contribution in [3.05, 3.63) is 29.8 Å². The Labute approximate surface area is 168 Å². The topological polar surface area (TPSA) is 122 Å². The number of carbonyl (C=O) groups is 2. The van der Waals surface area contributed by atoms with Crippen molar-refractivity contribution in [3.8, 4) is 11.8 Å². The van der Waals surface area contributed by atoms with Crippen molar-refractivity contribution in [2.24, 2.45) is 5.92 Å². The third-order valence-corrected chi connectivity index (χ3v) is 6.24. The van der Waals surface area contributed by atoms with Gasteiger partial charge in [-0.1, -0.05) is 11.8 Å². The number of ether oxygens (including phenoxy) is 2. The second-order valence-electron chi connectivity index (χ2n) is 7.02. The molecule has 0 spiro atoms. The molecule has 3 rings (SSSR count). The third-order valence-electron chi connectivity index (χ3n) is 4.80. The van der Waals surface area contributed by atoms with Gasteiger partial charge in [-0.15, -0.1) is 0 Å². The number of carbonyl (C=O) groups excluding carboxylic acids is 2. The number of hydrogen-bond donors (Lipinski definition) is 2. The molecule has 10 heteroatoms. The number of benzene rings is 1. The molecule has 0 radical (unpaired) electrons. The van der Waals surface area contributed by atoms with Gasteiger partial charge in [0.15, 0.2) is 9.84 Å². The number of rotatable bonds is 5. The van der Waals surface area contributed by atoms with E-state index in [9.17, 15) is 18.0 Å². The Balaban J connectivity index is 1.66. The van der Waals surface area contributed by atoms with Crippen LogP contribution in [0.4, 0.5) is 10.5 Å². The number of hydrogen-bond acceptors (Lipinski definition) is 7. The molecule has 1 aromatic rings. The highest BCUT2D eigenvalue weighted by Gasteiger charge is 2.39. The van der Waals surface area contributed by atoms with Crippen LogP contribution in [0.15, 0.2) is 24.3 Å². The summed E-state index contributed by atoms with van der Waals surface area (Å²) in [5.74, 6) is 5.43. The molecule has 2 fully saturated rings. The molecule has 2 saturated heterocycles. The summed E-state index contributed by atoms with van der Waals surface area (Å²) in [6.45, 7) is 1.47. The number of nitrogens with zero attached hydrogens (tertiary/aromatic N) is 1. The molecule has 2 aliphatic rings. The van der Waals surface area contributed by atoms with E-state index in [0.29, 0.717) is 12.3 Å². The summed E-state index contributed by atoms with van der Waals surface area (Å²) in [5, 5.41) is 7.25. The highest BCUT2D eigenvalue weighted by atomic mass is 32.2. The van der Waals surface area contributed by atoms with Crippen molar-refractivity contribution in [1.82, 2.24) is 5.48 Å². The van der Waals surface area contributed by atoms with Gasteiger partial charge in [0.1, 0.15) is 11.4 Å². The molecule has 0 saturated carbocycles. The van der Waals surface area contributed by atoms with Gasteiger partial charge >= 0.3 is 6.09 Å². The predicted octanol–water partition coefficient (Wildman–Crippen LogP) is 0.709. The summed E-state index contributed by atoms with van der Waals surface area (Å²) in [7, 11) is -3.79. The molecule has 1 aromatic carbocycles.